The number of fused-ring (bicyclic) bond motifs is 1. The first kappa shape index (κ1) is 18.0. The van der Waals surface area contributed by atoms with Crippen LogP contribution in [0.2, 0.25) is 0 Å². The largest absolute Gasteiger partial charge is 0.348 e. The number of carbonyl (C=O) groups excluding carboxylic acids is 2. The average Bonchev–Trinajstić information content (AvgIpc) is 2.69. The molecule has 5 nitrogen and oxygen atoms in total. The van der Waals surface area contributed by atoms with E-state index in [1.807, 2.05) is 53.4 Å². The number of piperidine rings is 1. The molecule has 1 fully saturated rings. The number of hydrogen-bond donors (Lipinski definition) is 1. The van der Waals surface area contributed by atoms with Crippen LogP contribution in [0.3, 0.4) is 0 Å². The molecule has 2 heterocycles. The van der Waals surface area contributed by atoms with Crippen molar-refractivity contribution in [2.24, 2.45) is 0 Å². The number of nitrogens with one attached hydrogen (secondary N) is 1. The third kappa shape index (κ3) is 3.12. The lowest BCUT2D eigenvalue weighted by molar-refractivity contribution is 0.0603. The van der Waals surface area contributed by atoms with E-state index in [1.54, 1.807) is 0 Å². The number of carbonyl (C=O) groups is 2. The first-order valence-electron chi connectivity index (χ1n) is 9.28. The molecule has 0 atom stereocenters. The van der Waals surface area contributed by atoms with Crippen molar-refractivity contribution >= 4 is 33.4 Å². The highest BCUT2D eigenvalue weighted by Gasteiger charge is 2.45. The van der Waals surface area contributed by atoms with Gasteiger partial charge < -0.3 is 15.1 Å². The Morgan fingerprint density at radius 2 is 1.78 bits per heavy atom. The molecule has 4 rings (SSSR count). The number of rotatable bonds is 2. The highest BCUT2D eigenvalue weighted by Crippen LogP contribution is 2.37. The summed E-state index contributed by atoms with van der Waals surface area (Å²) in [5.74, 6) is 0.0194. The van der Waals surface area contributed by atoms with E-state index < -0.39 is 5.66 Å². The Hall–Kier alpha value is -2.34. The molecule has 0 aromatic heterocycles. The Labute approximate surface area is 167 Å². The third-order valence-corrected chi connectivity index (χ3v) is 6.12. The van der Waals surface area contributed by atoms with Gasteiger partial charge in [0.05, 0.1) is 11.3 Å². The van der Waals surface area contributed by atoms with Crippen molar-refractivity contribution in [3.05, 3.63) is 64.1 Å². The zero-order valence-electron chi connectivity index (χ0n) is 15.2. The second-order valence-corrected chi connectivity index (χ2v) is 7.96. The molecule has 140 valence electrons. The fourth-order valence-electron chi connectivity index (χ4n) is 4.20. The average molecular weight is 428 g/mol. The van der Waals surface area contributed by atoms with Crippen LogP contribution in [0.25, 0.3) is 0 Å². The number of hydrogen-bond acceptors (Lipinski definition) is 3. The molecule has 1 saturated heterocycles. The van der Waals surface area contributed by atoms with Crippen LogP contribution in [0.1, 0.15) is 40.5 Å². The molecule has 0 bridgehead atoms. The summed E-state index contributed by atoms with van der Waals surface area (Å²) in [5, 5.41) is 3.24. The fourth-order valence-corrected chi connectivity index (χ4v) is 4.46. The molecule has 0 radical (unpaired) electrons. The van der Waals surface area contributed by atoms with Gasteiger partial charge in [-0.25, -0.2) is 0 Å². The van der Waals surface area contributed by atoms with E-state index in [1.165, 1.54) is 0 Å². The van der Waals surface area contributed by atoms with Crippen molar-refractivity contribution in [3.63, 3.8) is 0 Å². The summed E-state index contributed by atoms with van der Waals surface area (Å²) in [4.78, 5) is 29.6. The zero-order valence-corrected chi connectivity index (χ0v) is 16.8. The van der Waals surface area contributed by atoms with Crippen molar-refractivity contribution in [1.82, 2.24) is 10.2 Å². The molecule has 0 unspecified atom stereocenters. The van der Waals surface area contributed by atoms with Crippen molar-refractivity contribution in [2.75, 3.05) is 24.5 Å². The van der Waals surface area contributed by atoms with Gasteiger partial charge in [0.15, 0.2) is 0 Å². The first-order chi connectivity index (χ1) is 13.0. The number of likely N-dealkylation sites (tertiary alicyclic amines) is 1. The summed E-state index contributed by atoms with van der Waals surface area (Å²) in [7, 11) is 0. The van der Waals surface area contributed by atoms with E-state index in [0.717, 1.165) is 22.3 Å². The lowest BCUT2D eigenvalue weighted by Gasteiger charge is -2.52. The molecule has 2 aromatic carbocycles. The van der Waals surface area contributed by atoms with E-state index in [2.05, 4.69) is 33.1 Å². The van der Waals surface area contributed by atoms with Crippen LogP contribution >= 0.6 is 15.9 Å². The molecule has 1 N–H and O–H groups in total. The Kier molecular flexibility index (Phi) is 4.68. The Bertz CT molecular complexity index is 873. The quantitative estimate of drug-likeness (QED) is 0.795. The highest BCUT2D eigenvalue weighted by atomic mass is 79.9. The minimum Gasteiger partial charge on any atom is -0.348 e. The van der Waals surface area contributed by atoms with Gasteiger partial charge in [-0.3, -0.25) is 9.59 Å². The summed E-state index contributed by atoms with van der Waals surface area (Å²) in [6.45, 7) is 4.15. The number of para-hydroxylation sites is 1. The van der Waals surface area contributed by atoms with Crippen LogP contribution in [-0.4, -0.2) is 42.0 Å². The monoisotopic (exact) mass is 427 g/mol. The predicted octanol–water partition coefficient (Wildman–Crippen LogP) is 3.65. The molecular formula is C21H22BrN3O2. The first-order valence-corrected chi connectivity index (χ1v) is 10.1. The van der Waals surface area contributed by atoms with Gasteiger partial charge in [0, 0.05) is 42.5 Å². The smallest absolute Gasteiger partial charge is 0.255 e. The molecule has 0 aliphatic carbocycles. The predicted molar refractivity (Wildman–Crippen MR) is 109 cm³/mol. The van der Waals surface area contributed by atoms with Crippen molar-refractivity contribution < 1.29 is 9.59 Å². The van der Waals surface area contributed by atoms with Gasteiger partial charge in [0.2, 0.25) is 0 Å². The summed E-state index contributed by atoms with van der Waals surface area (Å²) < 4.78 is 0.957. The highest BCUT2D eigenvalue weighted by molar-refractivity contribution is 9.10. The number of benzene rings is 2. The van der Waals surface area contributed by atoms with E-state index in [4.69, 9.17) is 0 Å². The SMILES string of the molecule is CCN1c2ccccc2C(=O)NC12CCN(C(=O)c1ccc(Br)cc1)CC2. The van der Waals surface area contributed by atoms with Gasteiger partial charge in [0.25, 0.3) is 11.8 Å². The van der Waals surface area contributed by atoms with Crippen molar-refractivity contribution in [1.29, 1.82) is 0 Å². The number of anilines is 1. The van der Waals surface area contributed by atoms with E-state index in [9.17, 15) is 9.59 Å². The van der Waals surface area contributed by atoms with Gasteiger partial charge >= 0.3 is 0 Å². The maximum atomic E-state index is 12.8. The van der Waals surface area contributed by atoms with Gasteiger partial charge in [-0.2, -0.15) is 0 Å². The lowest BCUT2D eigenvalue weighted by atomic mass is 9.89. The second-order valence-electron chi connectivity index (χ2n) is 7.05. The molecule has 0 saturated carbocycles. The lowest BCUT2D eigenvalue weighted by Crippen LogP contribution is -2.68. The van der Waals surface area contributed by atoms with Crippen LogP contribution in [-0.2, 0) is 0 Å². The Morgan fingerprint density at radius 1 is 1.11 bits per heavy atom. The number of amides is 2. The molecule has 2 amide bonds. The number of halogens is 1. The second kappa shape index (κ2) is 7.00. The standard InChI is InChI=1S/C21H22BrN3O2/c1-2-25-18-6-4-3-5-17(18)19(26)23-21(25)11-13-24(14-12-21)20(27)15-7-9-16(22)10-8-15/h3-10H,2,11-14H2,1H3,(H,23,26). The van der Waals surface area contributed by atoms with Crippen LogP contribution < -0.4 is 10.2 Å². The molecule has 2 aliphatic rings. The van der Waals surface area contributed by atoms with Gasteiger partial charge in [-0.1, -0.05) is 28.1 Å². The zero-order chi connectivity index (χ0) is 19.0. The minimum atomic E-state index is -0.420. The molecular weight excluding hydrogens is 406 g/mol. The van der Waals surface area contributed by atoms with E-state index in [0.29, 0.717) is 31.5 Å². The number of nitrogens with zero attached hydrogens (tertiary/aromatic N) is 2. The van der Waals surface area contributed by atoms with E-state index in [-0.39, 0.29) is 11.8 Å². The topological polar surface area (TPSA) is 52.7 Å². The molecule has 1 spiro atoms. The minimum absolute atomic E-state index is 0.0250. The summed E-state index contributed by atoms with van der Waals surface area (Å²) in [6.07, 6.45) is 1.42. The maximum Gasteiger partial charge on any atom is 0.255 e. The molecule has 2 aliphatic heterocycles. The van der Waals surface area contributed by atoms with Gasteiger partial charge in [-0.15, -0.1) is 0 Å². The van der Waals surface area contributed by atoms with Crippen molar-refractivity contribution in [2.45, 2.75) is 25.4 Å². The van der Waals surface area contributed by atoms with Crippen LogP contribution in [0.5, 0.6) is 0 Å². The Balaban J connectivity index is 1.55. The van der Waals surface area contributed by atoms with Crippen LogP contribution in [0.15, 0.2) is 53.0 Å². The van der Waals surface area contributed by atoms with Crippen LogP contribution in [0, 0.1) is 0 Å². The third-order valence-electron chi connectivity index (χ3n) is 5.59. The van der Waals surface area contributed by atoms with Gasteiger partial charge in [0.1, 0.15) is 5.66 Å². The summed E-state index contributed by atoms with van der Waals surface area (Å²) in [6, 6.07) is 15.2. The van der Waals surface area contributed by atoms with Crippen molar-refractivity contribution in [3.8, 4) is 0 Å². The summed E-state index contributed by atoms with van der Waals surface area (Å²) in [5.41, 5.74) is 1.98. The fraction of sp³-hybridized carbons (Fsp3) is 0.333. The Morgan fingerprint density at radius 3 is 2.44 bits per heavy atom. The molecule has 2 aromatic rings. The maximum absolute atomic E-state index is 12.8. The molecule has 27 heavy (non-hydrogen) atoms. The van der Waals surface area contributed by atoms with Gasteiger partial charge in [-0.05, 0) is 43.3 Å². The molecule has 6 heteroatoms. The normalized spacial score (nSPS) is 18.2. The summed E-state index contributed by atoms with van der Waals surface area (Å²) >= 11 is 3.40. The van der Waals surface area contributed by atoms with E-state index >= 15 is 0 Å². The van der Waals surface area contributed by atoms with Crippen LogP contribution in [0.4, 0.5) is 5.69 Å².